The fourth-order valence-electron chi connectivity index (χ4n) is 9.41. The molecule has 0 fully saturated rings. The van der Waals surface area contributed by atoms with Crippen molar-refractivity contribution >= 4 is 63.8 Å². The Morgan fingerprint density at radius 3 is 1.45 bits per heavy atom. The van der Waals surface area contributed by atoms with Crippen molar-refractivity contribution in [1.29, 1.82) is 0 Å². The van der Waals surface area contributed by atoms with Crippen molar-refractivity contribution in [2.45, 2.75) is 0 Å². The molecule has 1 heterocycles. The lowest BCUT2D eigenvalue weighted by molar-refractivity contribution is 1.62. The topological polar surface area (TPSA) is 0 Å². The second-order valence-corrected chi connectivity index (χ2v) is 15.8. The summed E-state index contributed by atoms with van der Waals surface area (Å²) in [4.78, 5) is 0. The Bertz CT molecular complexity index is 3240. The van der Waals surface area contributed by atoms with Crippen molar-refractivity contribution in [2.75, 3.05) is 0 Å². The minimum Gasteiger partial charge on any atom is -0.135 e. The van der Waals surface area contributed by atoms with Crippen molar-refractivity contribution in [1.82, 2.24) is 0 Å². The average molecular weight is 713 g/mol. The van der Waals surface area contributed by atoms with Gasteiger partial charge >= 0.3 is 0 Å². The van der Waals surface area contributed by atoms with Gasteiger partial charge in [0.1, 0.15) is 0 Å². The number of fused-ring (bicyclic) bond motifs is 8. The van der Waals surface area contributed by atoms with Crippen LogP contribution in [0.1, 0.15) is 0 Å². The van der Waals surface area contributed by atoms with Crippen molar-refractivity contribution in [3.8, 4) is 66.8 Å². The minimum atomic E-state index is 1.23. The summed E-state index contributed by atoms with van der Waals surface area (Å²) in [5.41, 5.74) is 15.4. The lowest BCUT2D eigenvalue weighted by Crippen LogP contribution is -1.93. The molecule has 1 aliphatic carbocycles. The van der Waals surface area contributed by atoms with Gasteiger partial charge in [-0.3, -0.25) is 0 Å². The molecule has 11 aromatic rings. The van der Waals surface area contributed by atoms with Gasteiger partial charge in [-0.05, 0) is 118 Å². The Kier molecular flexibility index (Phi) is 6.60. The van der Waals surface area contributed by atoms with Crippen molar-refractivity contribution < 1.29 is 0 Å². The number of hydrogen-bond acceptors (Lipinski definition) is 1. The predicted octanol–water partition coefficient (Wildman–Crippen LogP) is 15.8. The Hall–Kier alpha value is -6.80. The summed E-state index contributed by atoms with van der Waals surface area (Å²) >= 11 is 1.92. The summed E-state index contributed by atoms with van der Waals surface area (Å²) in [6.45, 7) is 0. The monoisotopic (exact) mass is 712 g/mol. The number of thiophene rings is 1. The van der Waals surface area contributed by atoms with Gasteiger partial charge in [0.05, 0.1) is 0 Å². The zero-order chi connectivity index (χ0) is 36.0. The van der Waals surface area contributed by atoms with Crippen LogP contribution in [0.2, 0.25) is 0 Å². The van der Waals surface area contributed by atoms with E-state index in [1.165, 1.54) is 119 Å². The van der Waals surface area contributed by atoms with Crippen molar-refractivity contribution in [3.05, 3.63) is 194 Å². The van der Waals surface area contributed by atoms with Gasteiger partial charge in [-0.2, -0.15) is 0 Å². The van der Waals surface area contributed by atoms with E-state index in [1.54, 1.807) is 0 Å². The lowest BCUT2D eigenvalue weighted by Gasteiger charge is -2.20. The van der Waals surface area contributed by atoms with Crippen molar-refractivity contribution in [2.24, 2.45) is 0 Å². The van der Waals surface area contributed by atoms with Crippen LogP contribution in [0.5, 0.6) is 0 Å². The lowest BCUT2D eigenvalue weighted by atomic mass is 9.82. The molecular weight excluding hydrogens is 681 g/mol. The van der Waals surface area contributed by atoms with Gasteiger partial charge < -0.3 is 0 Å². The van der Waals surface area contributed by atoms with Gasteiger partial charge in [-0.1, -0.05) is 170 Å². The first-order valence-corrected chi connectivity index (χ1v) is 19.8. The third-order valence-corrected chi connectivity index (χ3v) is 13.0. The van der Waals surface area contributed by atoms with Gasteiger partial charge in [0.2, 0.25) is 0 Å². The molecular formula is C54H32S. The van der Waals surface area contributed by atoms with E-state index < -0.39 is 0 Å². The average Bonchev–Trinajstić information content (AvgIpc) is 3.78. The van der Waals surface area contributed by atoms with Crippen LogP contribution in [0.3, 0.4) is 0 Å². The first kappa shape index (κ1) is 30.6. The van der Waals surface area contributed by atoms with Gasteiger partial charge in [0, 0.05) is 25.7 Å². The molecule has 0 nitrogen and oxygen atoms in total. The Balaban J connectivity index is 1.21. The Morgan fingerprint density at radius 2 is 0.800 bits per heavy atom. The molecule has 0 radical (unpaired) electrons. The highest BCUT2D eigenvalue weighted by atomic mass is 32.1. The van der Waals surface area contributed by atoms with Crippen LogP contribution in [0.4, 0.5) is 0 Å². The quantitative estimate of drug-likeness (QED) is 0.170. The van der Waals surface area contributed by atoms with Crippen LogP contribution in [-0.2, 0) is 0 Å². The summed E-state index contributed by atoms with van der Waals surface area (Å²) < 4.78 is 2.66. The molecule has 0 amide bonds. The highest BCUT2D eigenvalue weighted by Crippen LogP contribution is 2.59. The molecule has 0 spiro atoms. The predicted molar refractivity (Wildman–Crippen MR) is 238 cm³/mol. The van der Waals surface area contributed by atoms with Crippen LogP contribution in [0, 0.1) is 0 Å². The first-order valence-electron chi connectivity index (χ1n) is 19.0. The molecule has 1 heteroatoms. The normalized spacial score (nSPS) is 12.0. The Morgan fingerprint density at radius 1 is 0.273 bits per heavy atom. The first-order chi connectivity index (χ1) is 27.3. The molecule has 0 atom stereocenters. The minimum absolute atomic E-state index is 1.23. The SMILES string of the molecule is c1ccc(-c2cc(-c3ccc4c5c(cccc35)-c3c-4c(-c4ccccc4)c4ccccc4c3-c3ccccc3)c3sc4cc5ccccc5cc4c3c2)cc1. The van der Waals surface area contributed by atoms with E-state index in [0.717, 1.165) is 0 Å². The molecule has 12 rings (SSSR count). The fourth-order valence-corrected chi connectivity index (χ4v) is 10.6. The second-order valence-electron chi connectivity index (χ2n) is 14.7. The van der Waals surface area contributed by atoms with Gasteiger partial charge in [0.15, 0.2) is 0 Å². The van der Waals surface area contributed by atoms with Crippen LogP contribution < -0.4 is 0 Å². The van der Waals surface area contributed by atoms with E-state index >= 15 is 0 Å². The van der Waals surface area contributed by atoms with E-state index in [4.69, 9.17) is 0 Å². The highest BCUT2D eigenvalue weighted by molar-refractivity contribution is 7.26. The summed E-state index contributed by atoms with van der Waals surface area (Å²) in [5, 5.41) is 10.4. The molecule has 0 bridgehead atoms. The largest absolute Gasteiger partial charge is 0.135 e. The third kappa shape index (κ3) is 4.51. The zero-order valence-corrected chi connectivity index (χ0v) is 30.7. The molecule has 254 valence electrons. The smallest absolute Gasteiger partial charge is 0.0434 e. The molecule has 0 saturated carbocycles. The number of benzene rings is 10. The van der Waals surface area contributed by atoms with E-state index in [9.17, 15) is 0 Å². The number of hydrogen-bond donors (Lipinski definition) is 0. The van der Waals surface area contributed by atoms with Crippen LogP contribution in [0.15, 0.2) is 194 Å². The van der Waals surface area contributed by atoms with Crippen LogP contribution >= 0.6 is 11.3 Å². The van der Waals surface area contributed by atoms with Crippen LogP contribution in [-0.4, -0.2) is 0 Å². The summed E-state index contributed by atoms with van der Waals surface area (Å²) in [7, 11) is 0. The molecule has 1 aliphatic rings. The highest BCUT2D eigenvalue weighted by Gasteiger charge is 2.31. The van der Waals surface area contributed by atoms with Gasteiger partial charge in [0.25, 0.3) is 0 Å². The second kappa shape index (κ2) is 11.9. The third-order valence-electron chi connectivity index (χ3n) is 11.8. The van der Waals surface area contributed by atoms with Gasteiger partial charge in [-0.15, -0.1) is 11.3 Å². The molecule has 0 saturated heterocycles. The van der Waals surface area contributed by atoms with Crippen LogP contribution in [0.25, 0.3) is 119 Å². The summed E-state index contributed by atoms with van der Waals surface area (Å²) in [6, 6.07) is 72.1. The maximum absolute atomic E-state index is 2.44. The van der Waals surface area contributed by atoms with Gasteiger partial charge in [-0.25, -0.2) is 0 Å². The standard InChI is InChI=1S/C54H32S/c1-4-15-33(16-5-1)38-30-46(54-47(31-38)45-29-36-21-10-11-22-37(36)32-48(45)55-54)39-27-28-44-51-40(39)25-14-26-43(51)52-49(34-17-6-2-7-18-34)41-23-12-13-24-42(41)50(53(44)52)35-19-8-3-9-20-35/h1-32H. The van der Waals surface area contributed by atoms with E-state index in [0.29, 0.717) is 0 Å². The Labute approximate surface area is 323 Å². The molecule has 0 aliphatic heterocycles. The summed E-state index contributed by atoms with van der Waals surface area (Å²) in [6.07, 6.45) is 0. The fraction of sp³-hybridized carbons (Fsp3) is 0. The van der Waals surface area contributed by atoms with E-state index in [2.05, 4.69) is 194 Å². The van der Waals surface area contributed by atoms with E-state index in [1.807, 2.05) is 11.3 Å². The maximum atomic E-state index is 2.44. The van der Waals surface area contributed by atoms with E-state index in [-0.39, 0.29) is 0 Å². The maximum Gasteiger partial charge on any atom is 0.0434 e. The molecule has 55 heavy (non-hydrogen) atoms. The molecule has 0 unspecified atom stereocenters. The molecule has 10 aromatic carbocycles. The molecule has 0 N–H and O–H groups in total. The van der Waals surface area contributed by atoms with Crippen molar-refractivity contribution in [3.63, 3.8) is 0 Å². The number of rotatable bonds is 4. The summed E-state index contributed by atoms with van der Waals surface area (Å²) in [5.74, 6) is 0. The zero-order valence-electron chi connectivity index (χ0n) is 29.9. The molecule has 1 aromatic heterocycles.